The van der Waals surface area contributed by atoms with Crippen LogP contribution in [-0.2, 0) is 23.9 Å². The van der Waals surface area contributed by atoms with Crippen LogP contribution in [0.5, 0.6) is 17.2 Å². The molecule has 0 spiro atoms. The normalized spacial score (nSPS) is 10.1. The van der Waals surface area contributed by atoms with Crippen LogP contribution in [0.2, 0.25) is 0 Å². The summed E-state index contributed by atoms with van der Waals surface area (Å²) in [6.07, 6.45) is 0. The quantitative estimate of drug-likeness (QED) is 0.158. The van der Waals surface area contributed by atoms with Crippen LogP contribution in [0.3, 0.4) is 0 Å². The summed E-state index contributed by atoms with van der Waals surface area (Å²) in [4.78, 5) is 32.1. The Morgan fingerprint density at radius 3 is 1.29 bits per heavy atom. The van der Waals surface area contributed by atoms with E-state index in [2.05, 4.69) is 15.9 Å². The number of phenols is 1. The number of phenolic OH excluding ortho intramolecular Hbond substituents is 1. The van der Waals surface area contributed by atoms with Gasteiger partial charge in [-0.1, -0.05) is 70.5 Å². The van der Waals surface area contributed by atoms with Gasteiger partial charge >= 0.3 is 11.9 Å². The zero-order chi connectivity index (χ0) is 32.0. The largest absolute Gasteiger partial charge is 0.508 e. The smallest absolute Gasteiger partial charge is 0.344 e. The molecule has 0 aliphatic carbocycles. The van der Waals surface area contributed by atoms with E-state index in [1.807, 2.05) is 84.0 Å². The number of rotatable bonds is 7. The maximum absolute atomic E-state index is 11.3. The molecule has 0 aliphatic heterocycles. The van der Waals surface area contributed by atoms with Crippen molar-refractivity contribution in [3.8, 4) is 17.2 Å². The molecule has 0 heterocycles. The Morgan fingerprint density at radius 1 is 0.643 bits per heavy atom. The lowest BCUT2D eigenvalue weighted by molar-refractivity contribution is -0.157. The van der Waals surface area contributed by atoms with Gasteiger partial charge in [0.1, 0.15) is 33.8 Å². The molecule has 10 heteroatoms. The van der Waals surface area contributed by atoms with Crippen molar-refractivity contribution in [2.45, 2.75) is 52.7 Å². The van der Waals surface area contributed by atoms with Gasteiger partial charge in [-0.3, -0.25) is 9.59 Å². The zero-order valence-corrected chi connectivity index (χ0v) is 27.2. The van der Waals surface area contributed by atoms with E-state index in [9.17, 15) is 14.4 Å². The first-order valence-corrected chi connectivity index (χ1v) is 14.4. The number of alkyl halides is 1. The third kappa shape index (κ3) is 25.4. The van der Waals surface area contributed by atoms with Crippen molar-refractivity contribution in [2.75, 3.05) is 18.5 Å². The van der Waals surface area contributed by atoms with Crippen molar-refractivity contribution >= 4 is 44.7 Å². The molecule has 42 heavy (non-hydrogen) atoms. The Hall–Kier alpha value is -3.56. The lowest BCUT2D eigenvalue weighted by atomic mass is 10.2. The van der Waals surface area contributed by atoms with Crippen molar-refractivity contribution < 1.29 is 38.4 Å². The van der Waals surface area contributed by atoms with E-state index in [0.717, 1.165) is 0 Å². The minimum Gasteiger partial charge on any atom is -0.508 e. The molecule has 0 saturated carbocycles. The van der Waals surface area contributed by atoms with Gasteiger partial charge in [0.25, 0.3) is 5.24 Å². The second-order valence-electron chi connectivity index (χ2n) is 10.2. The summed E-state index contributed by atoms with van der Waals surface area (Å²) in [6, 6.07) is 26.9. The number of carbonyl (C=O) groups is 3. The number of halogens is 2. The predicted octanol–water partition coefficient (Wildman–Crippen LogP) is 7.35. The highest BCUT2D eigenvalue weighted by Gasteiger charge is 2.16. The molecular formula is C32H40BrClO8. The molecule has 0 aromatic heterocycles. The van der Waals surface area contributed by atoms with Crippen LogP contribution in [0, 0.1) is 0 Å². The first-order chi connectivity index (χ1) is 19.6. The maximum atomic E-state index is 11.3. The van der Waals surface area contributed by atoms with Crippen LogP contribution in [0.15, 0.2) is 91.0 Å². The van der Waals surface area contributed by atoms with Gasteiger partial charge in [0.05, 0.1) is 0 Å². The van der Waals surface area contributed by atoms with Crippen molar-refractivity contribution in [2.24, 2.45) is 0 Å². The van der Waals surface area contributed by atoms with Gasteiger partial charge in [-0.25, -0.2) is 4.79 Å². The number of ether oxygens (including phenoxy) is 4. The van der Waals surface area contributed by atoms with Gasteiger partial charge in [-0.2, -0.15) is 0 Å². The molecule has 0 atom stereocenters. The lowest BCUT2D eigenvalue weighted by Gasteiger charge is -2.19. The Bertz CT molecular complexity index is 1150. The standard InChI is InChI=1S/C12H16O3.C8H7ClO2.C6H11BrO2.C6H6O/c1-12(2,3)15-11(13)9-14-10-7-5-4-6-8-10;9-8(10)6-11-7-4-2-1-3-5-7;1-6(2,3)9-5(8)4-7;7-6-4-2-1-3-5-6/h4-8H,9H2,1-3H3;1-5H,6H2;4H2,1-3H3;1-5,7H. The molecule has 0 bridgehead atoms. The highest BCUT2D eigenvalue weighted by atomic mass is 79.9. The minimum absolute atomic E-state index is 0.0543. The SMILES string of the molecule is CC(C)(C)OC(=O)CBr.CC(C)(C)OC(=O)COc1ccccc1.O=C(Cl)COc1ccccc1.Oc1ccccc1. The van der Waals surface area contributed by atoms with Gasteiger partial charge in [0, 0.05) is 0 Å². The van der Waals surface area contributed by atoms with Crippen molar-refractivity contribution in [1.29, 1.82) is 0 Å². The number of hydrogen-bond donors (Lipinski definition) is 1. The van der Waals surface area contributed by atoms with E-state index in [4.69, 9.17) is 35.7 Å². The van der Waals surface area contributed by atoms with Crippen LogP contribution in [0.1, 0.15) is 41.5 Å². The Balaban J connectivity index is 0.000000555. The number of esters is 2. The van der Waals surface area contributed by atoms with Crippen LogP contribution in [0.25, 0.3) is 0 Å². The fourth-order valence-electron chi connectivity index (χ4n) is 2.48. The minimum atomic E-state index is -0.492. The summed E-state index contributed by atoms with van der Waals surface area (Å²) in [5, 5.41) is 8.41. The monoisotopic (exact) mass is 666 g/mol. The number of carbonyl (C=O) groups excluding carboxylic acids is 3. The van der Waals surface area contributed by atoms with E-state index in [1.54, 1.807) is 48.5 Å². The first kappa shape index (κ1) is 38.4. The third-order valence-electron chi connectivity index (χ3n) is 3.90. The summed E-state index contributed by atoms with van der Waals surface area (Å²) < 4.78 is 20.2. The van der Waals surface area contributed by atoms with E-state index in [1.165, 1.54) is 0 Å². The molecule has 0 amide bonds. The lowest BCUT2D eigenvalue weighted by Crippen LogP contribution is -2.27. The molecule has 0 aliphatic rings. The fourth-order valence-corrected chi connectivity index (χ4v) is 2.65. The van der Waals surface area contributed by atoms with Crippen molar-refractivity contribution in [3.63, 3.8) is 0 Å². The fraction of sp³-hybridized carbons (Fsp3) is 0.344. The van der Waals surface area contributed by atoms with Gasteiger partial charge in [-0.05, 0) is 89.5 Å². The average molecular weight is 668 g/mol. The summed E-state index contributed by atoms with van der Waals surface area (Å²) in [6.45, 7) is 10.9. The van der Waals surface area contributed by atoms with Gasteiger partial charge < -0.3 is 24.1 Å². The molecular weight excluding hydrogens is 628 g/mol. The Labute approximate surface area is 262 Å². The highest BCUT2D eigenvalue weighted by Crippen LogP contribution is 2.11. The summed E-state index contributed by atoms with van der Waals surface area (Å²) in [5.41, 5.74) is -0.817. The third-order valence-corrected chi connectivity index (χ3v) is 4.47. The molecule has 230 valence electrons. The Morgan fingerprint density at radius 2 is 1.00 bits per heavy atom. The average Bonchev–Trinajstić information content (AvgIpc) is 2.91. The van der Waals surface area contributed by atoms with E-state index in [0.29, 0.717) is 17.2 Å². The second kappa shape index (κ2) is 21.2. The molecule has 3 aromatic carbocycles. The van der Waals surface area contributed by atoms with Crippen molar-refractivity contribution in [1.82, 2.24) is 0 Å². The molecule has 3 aromatic rings. The van der Waals surface area contributed by atoms with Gasteiger partial charge in [0.15, 0.2) is 13.2 Å². The van der Waals surface area contributed by atoms with Gasteiger partial charge in [-0.15, -0.1) is 0 Å². The summed E-state index contributed by atoms with van der Waals surface area (Å²) in [7, 11) is 0. The van der Waals surface area contributed by atoms with Crippen LogP contribution < -0.4 is 9.47 Å². The molecule has 0 unspecified atom stereocenters. The molecule has 8 nitrogen and oxygen atoms in total. The summed E-state index contributed by atoms with van der Waals surface area (Å²) in [5.74, 6) is 1.07. The maximum Gasteiger partial charge on any atom is 0.344 e. The van der Waals surface area contributed by atoms with Crippen molar-refractivity contribution in [3.05, 3.63) is 91.0 Å². The number of benzene rings is 3. The molecule has 3 rings (SSSR count). The van der Waals surface area contributed by atoms with E-state index in [-0.39, 0.29) is 36.1 Å². The highest BCUT2D eigenvalue weighted by molar-refractivity contribution is 9.09. The number of hydrogen-bond acceptors (Lipinski definition) is 8. The predicted molar refractivity (Wildman–Crippen MR) is 168 cm³/mol. The summed E-state index contributed by atoms with van der Waals surface area (Å²) >= 11 is 8.06. The first-order valence-electron chi connectivity index (χ1n) is 12.9. The number of aromatic hydroxyl groups is 1. The molecule has 0 saturated heterocycles. The van der Waals surface area contributed by atoms with Crippen LogP contribution >= 0.6 is 27.5 Å². The van der Waals surface area contributed by atoms with Gasteiger partial charge in [0.2, 0.25) is 0 Å². The van der Waals surface area contributed by atoms with E-state index >= 15 is 0 Å². The van der Waals surface area contributed by atoms with Crippen LogP contribution in [-0.4, -0.2) is 52.0 Å². The molecule has 1 N–H and O–H groups in total. The Kier molecular flexibility index (Phi) is 19.4. The second-order valence-corrected chi connectivity index (χ2v) is 11.2. The number of para-hydroxylation sites is 3. The van der Waals surface area contributed by atoms with E-state index < -0.39 is 10.8 Å². The molecule has 0 radical (unpaired) electrons. The zero-order valence-electron chi connectivity index (χ0n) is 24.8. The topological polar surface area (TPSA) is 108 Å². The van der Waals surface area contributed by atoms with Crippen LogP contribution in [0.4, 0.5) is 0 Å². The molecule has 0 fully saturated rings.